The van der Waals surface area contributed by atoms with Crippen molar-refractivity contribution in [2.24, 2.45) is 17.3 Å². The zero-order chi connectivity index (χ0) is 12.3. The molecule has 0 amide bonds. The van der Waals surface area contributed by atoms with Gasteiger partial charge in [-0.2, -0.15) is 0 Å². The molecule has 1 N–H and O–H groups in total. The van der Waals surface area contributed by atoms with Crippen LogP contribution in [-0.4, -0.2) is 25.8 Å². The van der Waals surface area contributed by atoms with Crippen molar-refractivity contribution < 1.29 is 4.74 Å². The molecule has 0 aromatic rings. The summed E-state index contributed by atoms with van der Waals surface area (Å²) in [6.45, 7) is 9.85. The molecule has 0 saturated heterocycles. The first kappa shape index (κ1) is 13.4. The quantitative estimate of drug-likeness (QED) is 0.657. The molecule has 0 bridgehead atoms. The maximum atomic E-state index is 5.76. The van der Waals surface area contributed by atoms with Crippen molar-refractivity contribution in [3.63, 3.8) is 0 Å². The largest absolute Gasteiger partial charge is 0.379 e. The smallest absolute Gasteiger partial charge is 0.0518 e. The Labute approximate surface area is 107 Å². The minimum absolute atomic E-state index is 0.381. The van der Waals surface area contributed by atoms with E-state index in [4.69, 9.17) is 4.74 Å². The van der Waals surface area contributed by atoms with E-state index in [0.29, 0.717) is 11.5 Å². The van der Waals surface area contributed by atoms with E-state index in [2.05, 4.69) is 26.1 Å². The molecule has 0 aliphatic heterocycles. The van der Waals surface area contributed by atoms with E-state index >= 15 is 0 Å². The summed E-state index contributed by atoms with van der Waals surface area (Å²) < 4.78 is 5.76. The van der Waals surface area contributed by atoms with Gasteiger partial charge in [0.05, 0.1) is 6.10 Å². The standard InChI is InChI=1S/C15H29NO/c1-4-6-16-11-15(5-7-17-12(2)3)9-13-8-14(13)10-15/h12-14,16H,4-11H2,1-3H3. The molecule has 0 aromatic heterocycles. The number of hydrogen-bond acceptors (Lipinski definition) is 2. The molecule has 0 heterocycles. The molecule has 2 rings (SSSR count). The number of ether oxygens (including phenoxy) is 1. The summed E-state index contributed by atoms with van der Waals surface area (Å²) in [5.74, 6) is 2.13. The molecule has 100 valence electrons. The molecule has 2 aliphatic carbocycles. The van der Waals surface area contributed by atoms with Gasteiger partial charge in [0.2, 0.25) is 0 Å². The van der Waals surface area contributed by atoms with Gasteiger partial charge < -0.3 is 10.1 Å². The van der Waals surface area contributed by atoms with E-state index in [-0.39, 0.29) is 0 Å². The molecule has 2 atom stereocenters. The first-order valence-corrected chi connectivity index (χ1v) is 7.47. The summed E-state index contributed by atoms with van der Waals surface area (Å²) in [5.41, 5.74) is 0.567. The zero-order valence-corrected chi connectivity index (χ0v) is 11.8. The lowest BCUT2D eigenvalue weighted by molar-refractivity contribution is 0.0484. The second-order valence-corrected chi connectivity index (χ2v) is 6.51. The van der Waals surface area contributed by atoms with Gasteiger partial charge >= 0.3 is 0 Å². The van der Waals surface area contributed by atoms with Crippen LogP contribution in [-0.2, 0) is 4.74 Å². The molecule has 2 saturated carbocycles. The van der Waals surface area contributed by atoms with Crippen LogP contribution in [0, 0.1) is 17.3 Å². The van der Waals surface area contributed by atoms with Gasteiger partial charge in [-0.05, 0) is 69.7 Å². The summed E-state index contributed by atoms with van der Waals surface area (Å²) >= 11 is 0. The Morgan fingerprint density at radius 3 is 2.59 bits per heavy atom. The topological polar surface area (TPSA) is 21.3 Å². The average molecular weight is 239 g/mol. The maximum absolute atomic E-state index is 5.76. The molecule has 2 nitrogen and oxygen atoms in total. The fourth-order valence-electron chi connectivity index (χ4n) is 3.48. The van der Waals surface area contributed by atoms with Crippen LogP contribution in [0.4, 0.5) is 0 Å². The van der Waals surface area contributed by atoms with Crippen molar-refractivity contribution in [1.82, 2.24) is 5.32 Å². The van der Waals surface area contributed by atoms with Crippen molar-refractivity contribution in [2.45, 2.75) is 59.0 Å². The van der Waals surface area contributed by atoms with Gasteiger partial charge in [0.1, 0.15) is 0 Å². The Balaban J connectivity index is 1.76. The van der Waals surface area contributed by atoms with Crippen molar-refractivity contribution in [1.29, 1.82) is 0 Å². The summed E-state index contributed by atoms with van der Waals surface area (Å²) in [4.78, 5) is 0. The van der Waals surface area contributed by atoms with E-state index in [1.165, 1.54) is 45.2 Å². The van der Waals surface area contributed by atoms with Crippen LogP contribution in [0.2, 0.25) is 0 Å². The van der Waals surface area contributed by atoms with Crippen LogP contribution in [0.5, 0.6) is 0 Å². The van der Waals surface area contributed by atoms with Gasteiger partial charge in [0, 0.05) is 13.2 Å². The Morgan fingerprint density at radius 2 is 2.00 bits per heavy atom. The minimum atomic E-state index is 0.381. The van der Waals surface area contributed by atoms with Crippen molar-refractivity contribution in [3.05, 3.63) is 0 Å². The third-order valence-corrected chi connectivity index (χ3v) is 4.47. The van der Waals surface area contributed by atoms with Gasteiger partial charge in [-0.1, -0.05) is 6.92 Å². The predicted molar refractivity (Wildman–Crippen MR) is 72.1 cm³/mol. The zero-order valence-electron chi connectivity index (χ0n) is 11.8. The van der Waals surface area contributed by atoms with Crippen LogP contribution >= 0.6 is 0 Å². The van der Waals surface area contributed by atoms with E-state index < -0.39 is 0 Å². The predicted octanol–water partition coefficient (Wildman–Crippen LogP) is 3.22. The minimum Gasteiger partial charge on any atom is -0.379 e. The fraction of sp³-hybridized carbons (Fsp3) is 1.00. The second-order valence-electron chi connectivity index (χ2n) is 6.51. The highest BCUT2D eigenvalue weighted by molar-refractivity contribution is 5.04. The highest BCUT2D eigenvalue weighted by atomic mass is 16.5. The normalized spacial score (nSPS) is 35.3. The molecule has 2 fully saturated rings. The van der Waals surface area contributed by atoms with E-state index in [1.54, 1.807) is 0 Å². The van der Waals surface area contributed by atoms with Gasteiger partial charge in [-0.15, -0.1) is 0 Å². The number of fused-ring (bicyclic) bond motifs is 1. The number of hydrogen-bond donors (Lipinski definition) is 1. The summed E-state index contributed by atoms with van der Waals surface area (Å²) in [6.07, 6.45) is 7.30. The maximum Gasteiger partial charge on any atom is 0.0518 e. The molecular weight excluding hydrogens is 210 g/mol. The molecular formula is C15H29NO. The lowest BCUT2D eigenvalue weighted by Gasteiger charge is -2.31. The number of nitrogens with one attached hydrogen (secondary N) is 1. The summed E-state index contributed by atoms with van der Waals surface area (Å²) in [7, 11) is 0. The van der Waals surface area contributed by atoms with Gasteiger partial charge in [-0.25, -0.2) is 0 Å². The van der Waals surface area contributed by atoms with Crippen LogP contribution in [0.1, 0.15) is 52.9 Å². The highest BCUT2D eigenvalue weighted by Gasteiger charge is 2.52. The van der Waals surface area contributed by atoms with Crippen molar-refractivity contribution >= 4 is 0 Å². The highest BCUT2D eigenvalue weighted by Crippen LogP contribution is 2.60. The lowest BCUT2D eigenvalue weighted by atomic mass is 9.80. The molecule has 0 spiro atoms. The molecule has 0 aromatic carbocycles. The Hall–Kier alpha value is -0.0800. The van der Waals surface area contributed by atoms with E-state index in [1.807, 2.05) is 0 Å². The average Bonchev–Trinajstić information content (AvgIpc) is 2.87. The van der Waals surface area contributed by atoms with Gasteiger partial charge in [0.15, 0.2) is 0 Å². The first-order valence-electron chi connectivity index (χ1n) is 7.47. The third-order valence-electron chi connectivity index (χ3n) is 4.47. The van der Waals surface area contributed by atoms with Crippen LogP contribution in [0.15, 0.2) is 0 Å². The molecule has 2 aliphatic rings. The molecule has 2 unspecified atom stereocenters. The van der Waals surface area contributed by atoms with Gasteiger partial charge in [0.25, 0.3) is 0 Å². The Kier molecular flexibility index (Phi) is 4.48. The van der Waals surface area contributed by atoms with E-state index in [9.17, 15) is 0 Å². The third kappa shape index (κ3) is 3.69. The lowest BCUT2D eigenvalue weighted by Crippen LogP contribution is -2.35. The van der Waals surface area contributed by atoms with Crippen LogP contribution in [0.25, 0.3) is 0 Å². The van der Waals surface area contributed by atoms with Crippen molar-refractivity contribution in [2.75, 3.05) is 19.7 Å². The van der Waals surface area contributed by atoms with Crippen LogP contribution < -0.4 is 5.32 Å². The van der Waals surface area contributed by atoms with E-state index in [0.717, 1.165) is 18.4 Å². The summed E-state index contributed by atoms with van der Waals surface area (Å²) in [5, 5.41) is 3.64. The Bertz CT molecular complexity index is 229. The monoisotopic (exact) mass is 239 g/mol. The Morgan fingerprint density at radius 1 is 1.29 bits per heavy atom. The first-order chi connectivity index (χ1) is 8.15. The molecule has 17 heavy (non-hydrogen) atoms. The second kappa shape index (κ2) is 5.71. The number of rotatable bonds is 8. The van der Waals surface area contributed by atoms with Gasteiger partial charge in [-0.3, -0.25) is 0 Å². The molecule has 0 radical (unpaired) electrons. The SMILES string of the molecule is CCCNCC1(CCOC(C)C)CC2CC2C1. The fourth-order valence-corrected chi connectivity index (χ4v) is 3.48. The van der Waals surface area contributed by atoms with Crippen molar-refractivity contribution in [3.8, 4) is 0 Å². The molecule has 2 heteroatoms. The summed E-state index contributed by atoms with van der Waals surface area (Å²) in [6, 6.07) is 0. The van der Waals surface area contributed by atoms with Crippen LogP contribution in [0.3, 0.4) is 0 Å².